The van der Waals surface area contributed by atoms with Gasteiger partial charge < -0.3 is 9.15 Å². The van der Waals surface area contributed by atoms with Gasteiger partial charge >= 0.3 is 0 Å². The van der Waals surface area contributed by atoms with Gasteiger partial charge in [-0.15, -0.1) is 10.2 Å². The van der Waals surface area contributed by atoms with Crippen LogP contribution in [0.1, 0.15) is 35.2 Å². The number of likely N-dealkylation sites (tertiary alicyclic amines) is 1. The fourth-order valence-electron chi connectivity index (χ4n) is 3.30. The third-order valence-corrected chi connectivity index (χ3v) is 4.81. The summed E-state index contributed by atoms with van der Waals surface area (Å²) in [5.41, 5.74) is 2.60. The van der Waals surface area contributed by atoms with Crippen LogP contribution in [-0.4, -0.2) is 28.2 Å². The first-order valence-electron chi connectivity index (χ1n) is 9.14. The summed E-state index contributed by atoms with van der Waals surface area (Å²) in [4.78, 5) is 2.41. The molecule has 27 heavy (non-hydrogen) atoms. The van der Waals surface area contributed by atoms with Gasteiger partial charge in [0, 0.05) is 13.1 Å². The van der Waals surface area contributed by atoms with Crippen molar-refractivity contribution in [1.82, 2.24) is 15.1 Å². The van der Waals surface area contributed by atoms with Crippen LogP contribution >= 0.6 is 0 Å². The predicted molar refractivity (Wildman–Crippen MR) is 98.8 cm³/mol. The summed E-state index contributed by atoms with van der Waals surface area (Å²) >= 11 is 0. The first-order valence-corrected chi connectivity index (χ1v) is 9.14. The molecule has 5 nitrogen and oxygen atoms in total. The van der Waals surface area contributed by atoms with E-state index in [1.807, 2.05) is 0 Å². The van der Waals surface area contributed by atoms with Crippen molar-refractivity contribution >= 4 is 0 Å². The fourth-order valence-corrected chi connectivity index (χ4v) is 3.30. The highest BCUT2D eigenvalue weighted by Crippen LogP contribution is 2.27. The lowest BCUT2D eigenvalue weighted by atomic mass is 10.1. The quantitative estimate of drug-likeness (QED) is 0.657. The van der Waals surface area contributed by atoms with Crippen molar-refractivity contribution in [3.63, 3.8) is 0 Å². The van der Waals surface area contributed by atoms with E-state index in [1.165, 1.54) is 23.3 Å². The Morgan fingerprint density at radius 1 is 1.11 bits per heavy atom. The van der Waals surface area contributed by atoms with Crippen molar-refractivity contribution in [1.29, 1.82) is 0 Å². The Morgan fingerprint density at radius 3 is 2.67 bits per heavy atom. The SMILES string of the molecule is Cc1ccc(CN2CC[C@H](c3nnc(COc4ccc(F)cc4)o3)C2)cc1. The van der Waals surface area contributed by atoms with Crippen LogP contribution in [-0.2, 0) is 13.2 Å². The van der Waals surface area contributed by atoms with Crippen LogP contribution in [0.3, 0.4) is 0 Å². The summed E-state index contributed by atoms with van der Waals surface area (Å²) in [6, 6.07) is 14.5. The molecule has 1 atom stereocenters. The van der Waals surface area contributed by atoms with Crippen LogP contribution in [0.2, 0.25) is 0 Å². The average Bonchev–Trinajstić information content (AvgIpc) is 3.32. The van der Waals surface area contributed by atoms with Crippen LogP contribution in [0.4, 0.5) is 4.39 Å². The zero-order valence-corrected chi connectivity index (χ0v) is 15.3. The second-order valence-corrected chi connectivity index (χ2v) is 6.98. The third kappa shape index (κ3) is 4.52. The standard InChI is InChI=1S/C21H22FN3O2/c1-15-2-4-16(5-3-15)12-25-11-10-17(13-25)21-24-23-20(27-21)14-26-19-8-6-18(22)7-9-19/h2-9,17H,10-14H2,1H3/t17-/m0/s1. The van der Waals surface area contributed by atoms with Crippen LogP contribution in [0.5, 0.6) is 5.75 Å². The molecule has 0 saturated carbocycles. The highest BCUT2D eigenvalue weighted by atomic mass is 19.1. The van der Waals surface area contributed by atoms with Crippen molar-refractivity contribution in [2.24, 2.45) is 0 Å². The normalized spacial score (nSPS) is 17.3. The van der Waals surface area contributed by atoms with Gasteiger partial charge in [-0.2, -0.15) is 0 Å². The summed E-state index contributed by atoms with van der Waals surface area (Å²) < 4.78 is 24.3. The summed E-state index contributed by atoms with van der Waals surface area (Å²) in [6.07, 6.45) is 1.01. The molecule has 0 N–H and O–H groups in total. The minimum Gasteiger partial charge on any atom is -0.484 e. The number of nitrogens with zero attached hydrogens (tertiary/aromatic N) is 3. The van der Waals surface area contributed by atoms with E-state index in [1.54, 1.807) is 12.1 Å². The van der Waals surface area contributed by atoms with Crippen molar-refractivity contribution in [2.45, 2.75) is 32.4 Å². The molecule has 140 valence electrons. The smallest absolute Gasteiger partial charge is 0.253 e. The van der Waals surface area contributed by atoms with E-state index in [4.69, 9.17) is 9.15 Å². The van der Waals surface area contributed by atoms with Gasteiger partial charge in [0.15, 0.2) is 6.61 Å². The minimum absolute atomic E-state index is 0.179. The van der Waals surface area contributed by atoms with Crippen LogP contribution in [0.15, 0.2) is 52.9 Å². The molecule has 3 aromatic rings. The van der Waals surface area contributed by atoms with Gasteiger partial charge in [0.2, 0.25) is 5.89 Å². The monoisotopic (exact) mass is 367 g/mol. The number of rotatable bonds is 6. The van der Waals surface area contributed by atoms with Gasteiger partial charge in [0.1, 0.15) is 11.6 Å². The molecule has 0 spiro atoms. The maximum Gasteiger partial charge on any atom is 0.253 e. The topological polar surface area (TPSA) is 51.4 Å². The van der Waals surface area contributed by atoms with E-state index in [9.17, 15) is 4.39 Å². The number of ether oxygens (including phenoxy) is 1. The Morgan fingerprint density at radius 2 is 1.89 bits per heavy atom. The molecule has 6 heteroatoms. The van der Waals surface area contributed by atoms with Crippen molar-refractivity contribution in [3.8, 4) is 5.75 Å². The van der Waals surface area contributed by atoms with Gasteiger partial charge in [0.05, 0.1) is 5.92 Å². The van der Waals surface area contributed by atoms with E-state index in [0.717, 1.165) is 26.1 Å². The molecule has 1 aromatic heterocycles. The fraction of sp³-hybridized carbons (Fsp3) is 0.333. The highest BCUT2D eigenvalue weighted by molar-refractivity contribution is 5.22. The van der Waals surface area contributed by atoms with Gasteiger partial charge in [-0.1, -0.05) is 29.8 Å². The molecular weight excluding hydrogens is 345 g/mol. The van der Waals surface area contributed by atoms with E-state index in [0.29, 0.717) is 17.5 Å². The minimum atomic E-state index is -0.293. The van der Waals surface area contributed by atoms with Crippen LogP contribution in [0, 0.1) is 12.7 Å². The molecule has 1 aliphatic rings. The average molecular weight is 367 g/mol. The van der Waals surface area contributed by atoms with Gasteiger partial charge in [-0.25, -0.2) is 4.39 Å². The predicted octanol–water partition coefficient (Wildman–Crippen LogP) is 4.09. The Hall–Kier alpha value is -2.73. The molecule has 1 saturated heterocycles. The Bertz CT molecular complexity index is 877. The second-order valence-electron chi connectivity index (χ2n) is 6.98. The largest absolute Gasteiger partial charge is 0.484 e. The molecule has 1 aliphatic heterocycles. The van der Waals surface area contributed by atoms with Crippen LogP contribution in [0.25, 0.3) is 0 Å². The lowest BCUT2D eigenvalue weighted by Crippen LogP contribution is -2.19. The molecule has 2 heterocycles. The molecule has 0 amide bonds. The number of hydrogen-bond acceptors (Lipinski definition) is 5. The number of aromatic nitrogens is 2. The second kappa shape index (κ2) is 7.88. The van der Waals surface area contributed by atoms with Crippen molar-refractivity contribution in [3.05, 3.63) is 77.3 Å². The van der Waals surface area contributed by atoms with Crippen molar-refractivity contribution in [2.75, 3.05) is 13.1 Å². The lowest BCUT2D eigenvalue weighted by molar-refractivity contribution is 0.255. The van der Waals surface area contributed by atoms with Crippen molar-refractivity contribution < 1.29 is 13.5 Å². The third-order valence-electron chi connectivity index (χ3n) is 4.81. The van der Waals surface area contributed by atoms with E-state index in [-0.39, 0.29) is 18.3 Å². The first kappa shape index (κ1) is 17.7. The Labute approximate surface area is 157 Å². The van der Waals surface area contributed by atoms with Gasteiger partial charge in [-0.05, 0) is 49.7 Å². The molecule has 0 aliphatic carbocycles. The Kier molecular flexibility index (Phi) is 5.16. The Balaban J connectivity index is 1.30. The number of aryl methyl sites for hydroxylation is 1. The van der Waals surface area contributed by atoms with Gasteiger partial charge in [0.25, 0.3) is 5.89 Å². The van der Waals surface area contributed by atoms with Crippen LogP contribution < -0.4 is 4.74 Å². The number of halogens is 1. The van der Waals surface area contributed by atoms with Gasteiger partial charge in [-0.3, -0.25) is 4.90 Å². The zero-order valence-electron chi connectivity index (χ0n) is 15.3. The van der Waals surface area contributed by atoms with E-state index in [2.05, 4.69) is 46.3 Å². The summed E-state index contributed by atoms with van der Waals surface area (Å²) in [6.45, 7) is 5.14. The number of hydrogen-bond donors (Lipinski definition) is 0. The molecule has 0 bridgehead atoms. The highest BCUT2D eigenvalue weighted by Gasteiger charge is 2.28. The summed E-state index contributed by atoms with van der Waals surface area (Å²) in [5, 5.41) is 8.27. The number of benzene rings is 2. The summed E-state index contributed by atoms with van der Waals surface area (Å²) in [5.74, 6) is 1.63. The zero-order chi connectivity index (χ0) is 18.6. The summed E-state index contributed by atoms with van der Waals surface area (Å²) in [7, 11) is 0. The molecule has 0 unspecified atom stereocenters. The van der Waals surface area contributed by atoms with E-state index >= 15 is 0 Å². The lowest BCUT2D eigenvalue weighted by Gasteiger charge is -2.15. The van der Waals surface area contributed by atoms with E-state index < -0.39 is 0 Å². The maximum absolute atomic E-state index is 12.9. The molecule has 2 aromatic carbocycles. The maximum atomic E-state index is 12.9. The first-order chi connectivity index (χ1) is 13.2. The molecule has 0 radical (unpaired) electrons. The molecule has 4 rings (SSSR count). The molecular formula is C21H22FN3O2. The molecule has 1 fully saturated rings.